The second-order valence-electron chi connectivity index (χ2n) is 13.7. The summed E-state index contributed by atoms with van der Waals surface area (Å²) in [6.07, 6.45) is 6.65. The van der Waals surface area contributed by atoms with E-state index in [2.05, 4.69) is 48.0 Å². The van der Waals surface area contributed by atoms with Crippen molar-refractivity contribution in [3.63, 3.8) is 0 Å². The Morgan fingerprint density at radius 1 is 0.483 bits per heavy atom. The molecule has 0 saturated heterocycles. The van der Waals surface area contributed by atoms with Gasteiger partial charge in [-0.15, -0.1) is 0 Å². The van der Waals surface area contributed by atoms with Gasteiger partial charge in [0.05, 0.1) is 4.47 Å². The number of rotatable bonds is 8. The van der Waals surface area contributed by atoms with Crippen molar-refractivity contribution in [3.05, 3.63) is 218 Å². The van der Waals surface area contributed by atoms with E-state index in [0.29, 0.717) is 11.3 Å². The van der Waals surface area contributed by atoms with Crippen molar-refractivity contribution >= 4 is 50.5 Å². The van der Waals surface area contributed by atoms with E-state index in [0.717, 1.165) is 49.0 Å². The summed E-state index contributed by atoms with van der Waals surface area (Å²) in [5, 5.41) is 19.0. The molecule has 6 rings (SSSR count). The maximum Gasteiger partial charge on any atom is 0.153 e. The molecule has 6 heteroatoms. The molecular formula is C52H51BrO5. The number of hydrogen-bond donors (Lipinski definition) is 2. The first kappa shape index (κ1) is 46.0. The zero-order valence-electron chi connectivity index (χ0n) is 34.2. The highest BCUT2D eigenvalue weighted by Crippen LogP contribution is 2.31. The van der Waals surface area contributed by atoms with E-state index >= 15 is 0 Å². The second kappa shape index (κ2) is 23.6. The molecule has 0 unspecified atom stereocenters. The molecule has 0 bridgehead atoms. The predicted octanol–water partition coefficient (Wildman–Crippen LogP) is 12.8. The average Bonchev–Trinajstić information content (AvgIpc) is 3.20. The quantitative estimate of drug-likeness (QED) is 0.149. The van der Waals surface area contributed by atoms with Crippen LogP contribution >= 0.6 is 15.9 Å². The zero-order valence-corrected chi connectivity index (χ0v) is 35.7. The van der Waals surface area contributed by atoms with Crippen LogP contribution in [-0.4, -0.2) is 27.6 Å². The molecule has 0 aliphatic heterocycles. The minimum absolute atomic E-state index is 0.0419. The minimum atomic E-state index is -0.0419. The fraction of sp³-hybridized carbons (Fsp3) is 0.135. The lowest BCUT2D eigenvalue weighted by atomic mass is 9.92. The molecular weight excluding hydrogens is 784 g/mol. The topological polar surface area (TPSA) is 91.7 Å². The van der Waals surface area contributed by atoms with Gasteiger partial charge in [-0.1, -0.05) is 139 Å². The van der Waals surface area contributed by atoms with E-state index in [1.54, 1.807) is 44.2 Å². The summed E-state index contributed by atoms with van der Waals surface area (Å²) in [6, 6.07) is 46.5. The van der Waals surface area contributed by atoms with Crippen LogP contribution in [0.4, 0.5) is 0 Å². The Kier molecular flexibility index (Phi) is 18.8. The Balaban J connectivity index is 0.000000217. The third-order valence-corrected chi connectivity index (χ3v) is 9.04. The molecule has 0 heterocycles. The molecule has 6 aromatic rings. The van der Waals surface area contributed by atoms with Crippen LogP contribution in [0.25, 0.3) is 17.2 Å². The normalized spacial score (nSPS) is 10.9. The van der Waals surface area contributed by atoms with Gasteiger partial charge in [-0.05, 0) is 151 Å². The summed E-state index contributed by atoms with van der Waals surface area (Å²) in [5.41, 5.74) is 11.2. The molecule has 0 saturated carbocycles. The van der Waals surface area contributed by atoms with Crippen molar-refractivity contribution in [2.45, 2.75) is 48.5 Å². The van der Waals surface area contributed by atoms with Gasteiger partial charge in [0.1, 0.15) is 11.5 Å². The summed E-state index contributed by atoms with van der Waals surface area (Å²) in [4.78, 5) is 33.5. The summed E-state index contributed by atoms with van der Waals surface area (Å²) in [7, 11) is 0. The van der Waals surface area contributed by atoms with E-state index in [9.17, 15) is 19.5 Å². The van der Waals surface area contributed by atoms with Crippen molar-refractivity contribution in [3.8, 4) is 11.5 Å². The van der Waals surface area contributed by atoms with E-state index in [4.69, 9.17) is 5.11 Å². The van der Waals surface area contributed by atoms with Crippen LogP contribution < -0.4 is 0 Å². The molecule has 0 amide bonds. The molecule has 0 radical (unpaired) electrons. The maximum absolute atomic E-state index is 11.5. The molecule has 5 nitrogen and oxygen atoms in total. The van der Waals surface area contributed by atoms with Gasteiger partial charge in [-0.2, -0.15) is 0 Å². The lowest BCUT2D eigenvalue weighted by molar-refractivity contribution is -0.113. The summed E-state index contributed by atoms with van der Waals surface area (Å²) < 4.78 is 0.752. The lowest BCUT2D eigenvalue weighted by Gasteiger charge is -2.12. The van der Waals surface area contributed by atoms with Crippen LogP contribution in [0.2, 0.25) is 0 Å². The van der Waals surface area contributed by atoms with Crippen molar-refractivity contribution in [1.29, 1.82) is 0 Å². The summed E-state index contributed by atoms with van der Waals surface area (Å²) in [5.74, 6) is 0.580. The molecule has 0 aliphatic rings. The number of allylic oxidation sites excluding steroid dienone is 3. The van der Waals surface area contributed by atoms with Gasteiger partial charge in [-0.3, -0.25) is 14.4 Å². The highest BCUT2D eigenvalue weighted by Gasteiger charge is 2.11. The van der Waals surface area contributed by atoms with Gasteiger partial charge in [0.15, 0.2) is 17.3 Å². The van der Waals surface area contributed by atoms with Crippen LogP contribution in [0.3, 0.4) is 0 Å². The van der Waals surface area contributed by atoms with Gasteiger partial charge in [0, 0.05) is 5.56 Å². The van der Waals surface area contributed by atoms with Crippen LogP contribution in [0.1, 0.15) is 70.8 Å². The SMILES string of the molecule is CC(=O)C=C(c1ccccc1)c1cc(C)ccc1C.CC(=O)C=C(c1ccccc1)c1cc(C)ccc1O.CC(=O)C=Cc1ccccc1.Cc1ccc(O)c(Br)c1. The number of hydrogen-bond acceptors (Lipinski definition) is 5. The van der Waals surface area contributed by atoms with E-state index in [1.807, 2.05) is 135 Å². The first-order valence-electron chi connectivity index (χ1n) is 18.8. The number of carbonyl (C=O) groups is 3. The molecule has 296 valence electrons. The molecule has 0 spiro atoms. The van der Waals surface area contributed by atoms with Gasteiger partial charge in [-0.25, -0.2) is 0 Å². The van der Waals surface area contributed by atoms with Crippen molar-refractivity contribution in [1.82, 2.24) is 0 Å². The molecule has 2 N–H and O–H groups in total. The fourth-order valence-electron chi connectivity index (χ4n) is 5.56. The number of aryl methyl sites for hydroxylation is 4. The first-order valence-corrected chi connectivity index (χ1v) is 19.6. The van der Waals surface area contributed by atoms with Gasteiger partial charge < -0.3 is 10.2 Å². The van der Waals surface area contributed by atoms with Crippen molar-refractivity contribution in [2.24, 2.45) is 0 Å². The van der Waals surface area contributed by atoms with Crippen LogP contribution in [-0.2, 0) is 14.4 Å². The number of ketones is 3. The summed E-state index contributed by atoms with van der Waals surface area (Å²) in [6.45, 7) is 12.7. The van der Waals surface area contributed by atoms with E-state index < -0.39 is 0 Å². The minimum Gasteiger partial charge on any atom is -0.507 e. The Morgan fingerprint density at radius 2 is 0.897 bits per heavy atom. The third kappa shape index (κ3) is 16.0. The highest BCUT2D eigenvalue weighted by atomic mass is 79.9. The van der Waals surface area contributed by atoms with Gasteiger partial charge >= 0.3 is 0 Å². The van der Waals surface area contributed by atoms with E-state index in [-0.39, 0.29) is 23.1 Å². The molecule has 6 aromatic carbocycles. The Labute approximate surface area is 351 Å². The molecule has 0 atom stereocenters. The molecule has 0 aromatic heterocycles. The smallest absolute Gasteiger partial charge is 0.153 e. The summed E-state index contributed by atoms with van der Waals surface area (Å²) >= 11 is 3.20. The molecule has 0 fully saturated rings. The fourth-order valence-corrected chi connectivity index (χ4v) is 6.05. The lowest BCUT2D eigenvalue weighted by Crippen LogP contribution is -1.95. The first-order chi connectivity index (χ1) is 27.6. The van der Waals surface area contributed by atoms with Crippen LogP contribution in [0, 0.1) is 27.7 Å². The number of aromatic hydroxyl groups is 2. The van der Waals surface area contributed by atoms with E-state index in [1.165, 1.54) is 18.1 Å². The van der Waals surface area contributed by atoms with Gasteiger partial charge in [0.2, 0.25) is 0 Å². The van der Waals surface area contributed by atoms with Crippen LogP contribution in [0.15, 0.2) is 168 Å². The number of phenolic OH excluding ortho intramolecular Hbond substituents is 2. The maximum atomic E-state index is 11.5. The average molecular weight is 836 g/mol. The van der Waals surface area contributed by atoms with Crippen molar-refractivity contribution in [2.75, 3.05) is 0 Å². The number of benzene rings is 6. The number of carbonyl (C=O) groups excluding carboxylic acids is 3. The Hall–Kier alpha value is -6.37. The zero-order chi connectivity index (χ0) is 42.6. The Bertz CT molecular complexity index is 2260. The third-order valence-electron chi connectivity index (χ3n) is 8.40. The monoisotopic (exact) mass is 834 g/mol. The van der Waals surface area contributed by atoms with Crippen molar-refractivity contribution < 1.29 is 24.6 Å². The highest BCUT2D eigenvalue weighted by molar-refractivity contribution is 9.10. The van der Waals surface area contributed by atoms with Gasteiger partial charge in [0.25, 0.3) is 0 Å². The predicted molar refractivity (Wildman–Crippen MR) is 244 cm³/mol. The Morgan fingerprint density at radius 3 is 1.34 bits per heavy atom. The molecule has 58 heavy (non-hydrogen) atoms. The number of phenols is 2. The molecule has 0 aliphatic carbocycles. The standard InChI is InChI=1S/C18H18O.C17H16O2.C10H10O.C7H7BrO/c1-13-9-10-14(2)17(11-13)18(12-15(3)19)16-7-5-4-6-8-16;1-12-8-9-17(19)16(10-12)15(11-13(2)18)14-6-4-3-5-7-14;1-9(11)7-8-10-5-3-2-4-6-10;1-5-2-3-7(9)6(8)4-5/h4-12H,1-3H3;3-11,19H,1-2H3;2-8H,1H3;2-4,9H,1H3. The second-order valence-corrected chi connectivity index (χ2v) is 14.6. The number of halogens is 1. The largest absolute Gasteiger partial charge is 0.507 e. The van der Waals surface area contributed by atoms with Crippen LogP contribution in [0.5, 0.6) is 11.5 Å².